The Balaban J connectivity index is 4.19. The smallest absolute Gasteiger partial charge is 0.462 e. The number of phosphoric acid groups is 1. The number of unbranched alkanes of at least 4 members (excludes halogenated alkanes) is 11. The van der Waals surface area contributed by atoms with Crippen LogP contribution in [0, 0.1) is 0 Å². The van der Waals surface area contributed by atoms with E-state index in [0.29, 0.717) is 6.42 Å². The molecule has 2 unspecified atom stereocenters. The maximum atomic E-state index is 12.5. The first-order valence-electron chi connectivity index (χ1n) is 17.6. The molecule has 46 heavy (non-hydrogen) atoms. The highest BCUT2D eigenvalue weighted by molar-refractivity contribution is 7.47. The van der Waals surface area contributed by atoms with E-state index in [1.165, 1.54) is 6.42 Å². The lowest BCUT2D eigenvalue weighted by Gasteiger charge is -2.19. The van der Waals surface area contributed by atoms with Crippen LogP contribution in [-0.4, -0.2) is 49.3 Å². The quantitative estimate of drug-likeness (QED) is 0.0311. The van der Waals surface area contributed by atoms with Gasteiger partial charge in [-0.15, -0.1) is 0 Å². The molecule has 0 spiro atoms. The summed E-state index contributed by atoms with van der Waals surface area (Å²) in [6.45, 7) is 3.50. The third-order valence-electron chi connectivity index (χ3n) is 6.98. The average Bonchev–Trinajstić information content (AvgIpc) is 3.04. The van der Waals surface area contributed by atoms with Gasteiger partial charge in [0, 0.05) is 19.4 Å². The number of nitrogens with two attached hydrogens (primary N) is 1. The summed E-state index contributed by atoms with van der Waals surface area (Å²) in [5.41, 5.74) is 5.31. The maximum absolute atomic E-state index is 12.5. The minimum absolute atomic E-state index is 0.0493. The number of hydrogen-bond acceptors (Lipinski definition) is 8. The van der Waals surface area contributed by atoms with Gasteiger partial charge in [0.05, 0.1) is 13.2 Å². The van der Waals surface area contributed by atoms with Crippen LogP contribution in [0.5, 0.6) is 0 Å². The second kappa shape index (κ2) is 32.9. The standard InChI is InChI=1S/C36H64NO8P/c1-3-5-7-9-11-12-13-14-15-16-17-18-19-20-21-22-23-25-27-29-36(39)45-34(33-44-46(40,41)43-31-30-37)32-42-35(38)28-26-24-10-8-6-4-2/h5,7,11-12,14-15,17-18,34H,3-4,6,8-10,13,16,19-33,37H2,1-2H3,(H,40,41)/b7-5-,12-11-,15-14-,18-17-. The Bertz CT molecular complexity index is 902. The molecule has 9 nitrogen and oxygen atoms in total. The zero-order valence-corrected chi connectivity index (χ0v) is 29.7. The number of allylic oxidation sites excluding steroid dienone is 8. The Hall–Kier alpha value is -2.03. The van der Waals surface area contributed by atoms with E-state index in [2.05, 4.69) is 62.5 Å². The molecule has 266 valence electrons. The highest BCUT2D eigenvalue weighted by Gasteiger charge is 2.25. The van der Waals surface area contributed by atoms with Crippen molar-refractivity contribution in [3.05, 3.63) is 48.6 Å². The number of carbonyl (C=O) groups excluding carboxylic acids is 2. The Morgan fingerprint density at radius 1 is 0.674 bits per heavy atom. The van der Waals surface area contributed by atoms with Gasteiger partial charge in [-0.25, -0.2) is 4.57 Å². The van der Waals surface area contributed by atoms with Crippen molar-refractivity contribution < 1.29 is 37.6 Å². The molecule has 0 fully saturated rings. The maximum Gasteiger partial charge on any atom is 0.472 e. The summed E-state index contributed by atoms with van der Waals surface area (Å²) in [6, 6.07) is 0. The largest absolute Gasteiger partial charge is 0.472 e. The number of rotatable bonds is 32. The first-order chi connectivity index (χ1) is 22.3. The average molecular weight is 670 g/mol. The molecule has 3 N–H and O–H groups in total. The molecule has 0 saturated carbocycles. The Kier molecular flexibility index (Phi) is 31.4. The molecule has 0 aliphatic carbocycles. The van der Waals surface area contributed by atoms with Crippen LogP contribution in [0.4, 0.5) is 0 Å². The first-order valence-corrected chi connectivity index (χ1v) is 19.1. The second-order valence-electron chi connectivity index (χ2n) is 11.4. The lowest BCUT2D eigenvalue weighted by atomic mass is 10.1. The van der Waals surface area contributed by atoms with E-state index < -0.39 is 32.5 Å². The number of phosphoric ester groups is 1. The third-order valence-corrected chi connectivity index (χ3v) is 7.96. The molecular formula is C36H64NO8P. The lowest BCUT2D eigenvalue weighted by Crippen LogP contribution is -2.29. The van der Waals surface area contributed by atoms with Gasteiger partial charge in [-0.3, -0.25) is 18.6 Å². The fourth-order valence-electron chi connectivity index (χ4n) is 4.39. The molecule has 2 atom stereocenters. The van der Waals surface area contributed by atoms with Gasteiger partial charge >= 0.3 is 19.8 Å². The van der Waals surface area contributed by atoms with Gasteiger partial charge in [0.15, 0.2) is 6.10 Å². The van der Waals surface area contributed by atoms with Gasteiger partial charge in [-0.2, -0.15) is 0 Å². The highest BCUT2D eigenvalue weighted by Crippen LogP contribution is 2.43. The third kappa shape index (κ3) is 31.9. The summed E-state index contributed by atoms with van der Waals surface area (Å²) < 4.78 is 32.4. The summed E-state index contributed by atoms with van der Waals surface area (Å²) in [7, 11) is -4.37. The highest BCUT2D eigenvalue weighted by atomic mass is 31.2. The zero-order valence-electron chi connectivity index (χ0n) is 28.8. The Morgan fingerprint density at radius 3 is 1.78 bits per heavy atom. The van der Waals surface area contributed by atoms with Gasteiger partial charge in [-0.05, 0) is 51.4 Å². The van der Waals surface area contributed by atoms with Crippen molar-refractivity contribution in [2.24, 2.45) is 5.73 Å². The van der Waals surface area contributed by atoms with Crippen LogP contribution in [0.1, 0.15) is 136 Å². The van der Waals surface area contributed by atoms with Crippen LogP contribution in [-0.2, 0) is 32.7 Å². The van der Waals surface area contributed by atoms with Gasteiger partial charge < -0.3 is 20.1 Å². The Morgan fingerprint density at radius 2 is 1.20 bits per heavy atom. The van der Waals surface area contributed by atoms with Gasteiger partial charge in [0.25, 0.3) is 0 Å². The normalized spacial score (nSPS) is 14.1. The fraction of sp³-hybridized carbons (Fsp3) is 0.722. The second-order valence-corrected chi connectivity index (χ2v) is 12.8. The number of carbonyl (C=O) groups is 2. The van der Waals surface area contributed by atoms with Crippen molar-refractivity contribution >= 4 is 19.8 Å². The summed E-state index contributed by atoms with van der Waals surface area (Å²) in [4.78, 5) is 34.4. The molecule has 0 amide bonds. The van der Waals surface area contributed by atoms with Gasteiger partial charge in [-0.1, -0.05) is 120 Å². The molecule has 0 saturated heterocycles. The van der Waals surface area contributed by atoms with Crippen LogP contribution in [0.15, 0.2) is 48.6 Å². The monoisotopic (exact) mass is 669 g/mol. The van der Waals surface area contributed by atoms with Gasteiger partial charge in [0.2, 0.25) is 0 Å². The SMILES string of the molecule is CC/C=C\C/C=C\C/C=C\C/C=C\CCCCCCCCC(=O)OC(COC(=O)CCCCCCCC)COP(=O)(O)OCCN. The van der Waals surface area contributed by atoms with Crippen LogP contribution >= 0.6 is 7.82 Å². The molecule has 0 aliphatic heterocycles. The number of esters is 2. The molecule has 0 aromatic carbocycles. The van der Waals surface area contributed by atoms with Crippen molar-refractivity contribution in [3.8, 4) is 0 Å². The Labute approximate surface area is 279 Å². The van der Waals surface area contributed by atoms with E-state index in [9.17, 15) is 19.0 Å². The summed E-state index contributed by atoms with van der Waals surface area (Å²) in [6.07, 6.45) is 34.6. The van der Waals surface area contributed by atoms with Crippen LogP contribution in [0.2, 0.25) is 0 Å². The van der Waals surface area contributed by atoms with E-state index in [4.69, 9.17) is 24.3 Å². The van der Waals surface area contributed by atoms with E-state index in [1.807, 2.05) is 0 Å². The summed E-state index contributed by atoms with van der Waals surface area (Å²) >= 11 is 0. The van der Waals surface area contributed by atoms with Crippen molar-refractivity contribution in [2.45, 2.75) is 142 Å². The molecule has 0 aromatic rings. The van der Waals surface area contributed by atoms with Crippen LogP contribution < -0.4 is 5.73 Å². The molecule has 0 bridgehead atoms. The minimum Gasteiger partial charge on any atom is -0.462 e. The molecule has 0 heterocycles. The minimum atomic E-state index is -4.37. The molecular weight excluding hydrogens is 605 g/mol. The van der Waals surface area contributed by atoms with E-state index in [-0.39, 0.29) is 32.6 Å². The zero-order chi connectivity index (χ0) is 34.0. The topological polar surface area (TPSA) is 134 Å². The van der Waals surface area contributed by atoms with Crippen LogP contribution in [0.25, 0.3) is 0 Å². The van der Waals surface area contributed by atoms with E-state index in [0.717, 1.165) is 96.3 Å². The number of hydrogen-bond donors (Lipinski definition) is 2. The van der Waals surface area contributed by atoms with Crippen molar-refractivity contribution in [1.29, 1.82) is 0 Å². The van der Waals surface area contributed by atoms with Crippen molar-refractivity contribution in [1.82, 2.24) is 0 Å². The van der Waals surface area contributed by atoms with Crippen molar-refractivity contribution in [2.75, 3.05) is 26.4 Å². The van der Waals surface area contributed by atoms with Crippen LogP contribution in [0.3, 0.4) is 0 Å². The fourth-order valence-corrected chi connectivity index (χ4v) is 5.15. The molecule has 0 aliphatic rings. The lowest BCUT2D eigenvalue weighted by molar-refractivity contribution is -0.161. The predicted octanol–water partition coefficient (Wildman–Crippen LogP) is 9.21. The molecule has 10 heteroatoms. The molecule has 0 aromatic heterocycles. The van der Waals surface area contributed by atoms with E-state index in [1.54, 1.807) is 0 Å². The summed E-state index contributed by atoms with van der Waals surface area (Å²) in [5, 5.41) is 0. The predicted molar refractivity (Wildman–Crippen MR) is 187 cm³/mol. The molecule has 0 radical (unpaired) electrons. The number of ether oxygens (including phenoxy) is 2. The molecule has 0 rings (SSSR count). The van der Waals surface area contributed by atoms with E-state index >= 15 is 0 Å². The summed E-state index contributed by atoms with van der Waals surface area (Å²) in [5.74, 6) is -0.861. The van der Waals surface area contributed by atoms with Crippen molar-refractivity contribution in [3.63, 3.8) is 0 Å². The first kappa shape index (κ1) is 44.0. The van der Waals surface area contributed by atoms with Gasteiger partial charge in [0.1, 0.15) is 6.61 Å².